The summed E-state index contributed by atoms with van der Waals surface area (Å²) in [5.41, 5.74) is 2.47. The van der Waals surface area contributed by atoms with Crippen molar-refractivity contribution in [3.8, 4) is 0 Å². The maximum Gasteiger partial charge on any atom is 0.155 e. The highest BCUT2D eigenvalue weighted by atomic mass is 16.7. The number of hydrogen-bond acceptors (Lipinski definition) is 3. The second kappa shape index (κ2) is 7.76. The Kier molecular flexibility index (Phi) is 5.66. The average Bonchev–Trinajstić information content (AvgIpc) is 3.04. The highest BCUT2D eigenvalue weighted by molar-refractivity contribution is 5.25. The van der Waals surface area contributed by atoms with Gasteiger partial charge in [-0.05, 0) is 85.4 Å². The third kappa shape index (κ3) is 3.16. The van der Waals surface area contributed by atoms with Crippen molar-refractivity contribution in [3.05, 3.63) is 16.6 Å². The molecular weight excluding hydrogens is 346 g/mol. The van der Waals surface area contributed by atoms with E-state index in [1.165, 1.54) is 57.8 Å². The topological polar surface area (TPSA) is 38.7 Å². The Morgan fingerprint density at radius 1 is 1.18 bits per heavy atom. The van der Waals surface area contributed by atoms with Gasteiger partial charge in [0.25, 0.3) is 0 Å². The van der Waals surface area contributed by atoms with Gasteiger partial charge < -0.3 is 4.84 Å². The minimum absolute atomic E-state index is 0.0116. The quantitative estimate of drug-likeness (QED) is 0.269. The van der Waals surface area contributed by atoms with E-state index < -0.39 is 0 Å². The van der Waals surface area contributed by atoms with Crippen molar-refractivity contribution >= 4 is 0 Å². The molecule has 0 aromatic carbocycles. The molecule has 8 atom stereocenters. The molecule has 0 aromatic rings. The molecule has 0 bridgehead atoms. The number of nitrogens with zero attached hydrogens (tertiary/aromatic N) is 1. The van der Waals surface area contributed by atoms with Crippen LogP contribution in [0.5, 0.6) is 0 Å². The van der Waals surface area contributed by atoms with Crippen molar-refractivity contribution in [2.45, 2.75) is 104 Å². The Balaban J connectivity index is 1.53. The number of unbranched alkanes of at least 4 members (excludes halogenated alkanes) is 1. The predicted octanol–water partition coefficient (Wildman–Crippen LogP) is 7.46. The van der Waals surface area contributed by atoms with Crippen molar-refractivity contribution in [1.29, 1.82) is 0 Å². The number of allylic oxidation sites excluding steroid dienone is 1. The van der Waals surface area contributed by atoms with Crippen molar-refractivity contribution in [1.82, 2.24) is 0 Å². The second-order valence-corrected chi connectivity index (χ2v) is 11.2. The first-order valence-corrected chi connectivity index (χ1v) is 12.1. The summed E-state index contributed by atoms with van der Waals surface area (Å²) in [5.74, 6) is 4.45. The van der Waals surface area contributed by atoms with Crippen LogP contribution in [0.3, 0.4) is 0 Å². The van der Waals surface area contributed by atoms with Crippen molar-refractivity contribution < 1.29 is 4.84 Å². The lowest BCUT2D eigenvalue weighted by molar-refractivity contribution is -0.0639. The Morgan fingerprint density at radius 3 is 2.75 bits per heavy atom. The van der Waals surface area contributed by atoms with Gasteiger partial charge in [-0.1, -0.05) is 58.6 Å². The summed E-state index contributed by atoms with van der Waals surface area (Å²) in [6.07, 6.45) is 16.8. The van der Waals surface area contributed by atoms with Crippen molar-refractivity contribution in [3.63, 3.8) is 0 Å². The second-order valence-electron chi connectivity index (χ2n) is 11.2. The summed E-state index contributed by atoms with van der Waals surface area (Å²) in [6.45, 7) is 10.1. The minimum Gasteiger partial charge on any atom is -0.360 e. The summed E-state index contributed by atoms with van der Waals surface area (Å²) in [7, 11) is 0. The maximum atomic E-state index is 10.6. The average molecular weight is 388 g/mol. The first-order valence-electron chi connectivity index (χ1n) is 12.1. The highest BCUT2D eigenvalue weighted by Crippen LogP contribution is 2.67. The molecule has 1 unspecified atom stereocenters. The molecule has 4 rings (SSSR count). The van der Waals surface area contributed by atoms with Gasteiger partial charge in [-0.2, -0.15) is 0 Å². The molecule has 0 aliphatic heterocycles. The number of fused-ring (bicyclic) bond motifs is 5. The van der Waals surface area contributed by atoms with Gasteiger partial charge in [-0.25, -0.2) is 0 Å². The zero-order valence-electron chi connectivity index (χ0n) is 18.6. The molecule has 4 aliphatic rings. The van der Waals surface area contributed by atoms with Crippen LogP contribution < -0.4 is 0 Å². The zero-order chi connectivity index (χ0) is 19.9. The standard InChI is InChI=1S/C25H41NO2/c1-5-6-7-17(2)21-10-11-22-20-9-8-18-16-19(28-26-27)12-14-24(18,3)23(20)13-15-25(21,22)4/h8,17,19-23H,5-7,9-16H2,1-4H3/t17-,19+,20+,21?,22+,23+,24+,25-/m1/s1. The van der Waals surface area contributed by atoms with Crippen LogP contribution >= 0.6 is 0 Å². The molecule has 158 valence electrons. The number of hydrogen-bond donors (Lipinski definition) is 0. The smallest absolute Gasteiger partial charge is 0.155 e. The van der Waals surface area contributed by atoms with Crippen LogP contribution in [0.4, 0.5) is 0 Å². The third-order valence-electron chi connectivity index (χ3n) is 10.0. The van der Waals surface area contributed by atoms with E-state index in [-0.39, 0.29) is 6.10 Å². The monoisotopic (exact) mass is 387 g/mol. The molecule has 0 amide bonds. The van der Waals surface area contributed by atoms with Gasteiger partial charge in [0.2, 0.25) is 0 Å². The Hall–Kier alpha value is -0.860. The lowest BCUT2D eigenvalue weighted by Crippen LogP contribution is -2.50. The van der Waals surface area contributed by atoms with Crippen molar-refractivity contribution in [2.24, 2.45) is 45.8 Å². The van der Waals surface area contributed by atoms with E-state index in [4.69, 9.17) is 4.84 Å². The molecule has 0 aromatic heterocycles. The summed E-state index contributed by atoms with van der Waals surface area (Å²) in [5, 5.41) is 2.72. The molecule has 28 heavy (non-hydrogen) atoms. The normalized spacial score (nSPS) is 46.0. The molecule has 0 N–H and O–H groups in total. The van der Waals surface area contributed by atoms with E-state index in [2.05, 4.69) is 39.1 Å². The minimum atomic E-state index is 0.0116. The molecule has 3 heteroatoms. The number of rotatable bonds is 6. The third-order valence-corrected chi connectivity index (χ3v) is 10.0. The first kappa shape index (κ1) is 20.4. The fourth-order valence-corrected chi connectivity index (χ4v) is 8.48. The van der Waals surface area contributed by atoms with E-state index in [0.29, 0.717) is 10.8 Å². The van der Waals surface area contributed by atoms with Crippen molar-refractivity contribution in [2.75, 3.05) is 0 Å². The maximum absolute atomic E-state index is 10.6. The molecule has 3 fully saturated rings. The SMILES string of the molecule is CCCC[C@@H](C)C1CC[C@H]2[C@@H]3CC=C4C[C@@H](ON=O)CC[C@]4(C)[C@H]3CC[C@]12C. The van der Waals surface area contributed by atoms with E-state index in [9.17, 15) is 4.91 Å². The highest BCUT2D eigenvalue weighted by Gasteiger charge is 2.59. The molecule has 0 radical (unpaired) electrons. The van der Waals surface area contributed by atoms with Gasteiger partial charge >= 0.3 is 0 Å². The van der Waals surface area contributed by atoms with E-state index in [1.807, 2.05) is 0 Å². The zero-order valence-corrected chi connectivity index (χ0v) is 18.6. The Morgan fingerprint density at radius 2 is 2.00 bits per heavy atom. The predicted molar refractivity (Wildman–Crippen MR) is 115 cm³/mol. The molecule has 0 spiro atoms. The molecule has 0 saturated heterocycles. The fraction of sp³-hybridized carbons (Fsp3) is 0.920. The van der Waals surface area contributed by atoms with Crippen LogP contribution in [0, 0.1) is 45.3 Å². The molecular formula is C25H41NO2. The van der Waals surface area contributed by atoms with Crippen LogP contribution in [-0.2, 0) is 4.84 Å². The lowest BCUT2D eigenvalue weighted by atomic mass is 9.47. The fourth-order valence-electron chi connectivity index (χ4n) is 8.48. The summed E-state index contributed by atoms with van der Waals surface area (Å²) < 4.78 is 0. The van der Waals surface area contributed by atoms with Crippen LogP contribution in [0.2, 0.25) is 0 Å². The summed E-state index contributed by atoms with van der Waals surface area (Å²) in [4.78, 5) is 15.7. The largest absolute Gasteiger partial charge is 0.360 e. The van der Waals surface area contributed by atoms with Gasteiger partial charge in [0.1, 0.15) is 6.10 Å². The summed E-state index contributed by atoms with van der Waals surface area (Å²) in [6, 6.07) is 0. The van der Waals surface area contributed by atoms with Gasteiger partial charge in [-0.3, -0.25) is 0 Å². The van der Waals surface area contributed by atoms with Crippen LogP contribution in [0.15, 0.2) is 17.0 Å². The van der Waals surface area contributed by atoms with Crippen LogP contribution in [0.25, 0.3) is 0 Å². The summed E-state index contributed by atoms with van der Waals surface area (Å²) >= 11 is 0. The Bertz CT molecular complexity index is 616. The Labute approximate surface area is 172 Å². The van der Waals surface area contributed by atoms with Gasteiger partial charge in [0.15, 0.2) is 5.34 Å². The molecule has 3 nitrogen and oxygen atoms in total. The first-order chi connectivity index (χ1) is 13.4. The lowest BCUT2D eigenvalue weighted by Gasteiger charge is -2.58. The van der Waals surface area contributed by atoms with E-state index in [1.54, 1.807) is 5.57 Å². The van der Waals surface area contributed by atoms with E-state index in [0.717, 1.165) is 42.4 Å². The van der Waals surface area contributed by atoms with E-state index >= 15 is 0 Å². The van der Waals surface area contributed by atoms with Crippen LogP contribution in [-0.4, -0.2) is 6.10 Å². The molecule has 0 heterocycles. The van der Waals surface area contributed by atoms with Gasteiger partial charge in [-0.15, -0.1) is 4.91 Å². The molecule has 3 saturated carbocycles. The van der Waals surface area contributed by atoms with Gasteiger partial charge in [0, 0.05) is 6.42 Å². The van der Waals surface area contributed by atoms with Gasteiger partial charge in [0.05, 0.1) is 0 Å². The van der Waals surface area contributed by atoms with Crippen LogP contribution in [0.1, 0.15) is 98.3 Å². The molecule has 4 aliphatic carbocycles.